The Bertz CT molecular complexity index is 1390. The van der Waals surface area contributed by atoms with E-state index in [2.05, 4.69) is 20.5 Å². The SMILES string of the molecule is CC(C)(C)OC(=O)NCc1nn(-c2ccc(C(F)(F)F)cc2)c2nccc(-c3cnn(C(F)F)c3)c12. The number of halogens is 5. The Hall–Kier alpha value is -4.03. The highest BCUT2D eigenvalue weighted by Crippen LogP contribution is 2.33. The molecule has 8 nitrogen and oxygen atoms in total. The number of hydrogen-bond donors (Lipinski definition) is 1. The van der Waals surface area contributed by atoms with Crippen molar-refractivity contribution in [3.63, 3.8) is 0 Å². The summed E-state index contributed by atoms with van der Waals surface area (Å²) < 4.78 is 72.3. The molecular formula is C23H21F5N6O2. The smallest absolute Gasteiger partial charge is 0.416 e. The summed E-state index contributed by atoms with van der Waals surface area (Å²) in [6.07, 6.45) is -1.40. The predicted molar refractivity (Wildman–Crippen MR) is 119 cm³/mol. The minimum Gasteiger partial charge on any atom is -0.444 e. The summed E-state index contributed by atoms with van der Waals surface area (Å²) in [6, 6.07) is 5.88. The number of benzene rings is 1. The van der Waals surface area contributed by atoms with Gasteiger partial charge in [0.25, 0.3) is 0 Å². The Kier molecular flexibility index (Phi) is 6.41. The summed E-state index contributed by atoms with van der Waals surface area (Å²) >= 11 is 0. The molecule has 0 atom stereocenters. The van der Waals surface area contributed by atoms with Crippen molar-refractivity contribution < 1.29 is 31.5 Å². The van der Waals surface area contributed by atoms with Gasteiger partial charge in [0, 0.05) is 18.0 Å². The van der Waals surface area contributed by atoms with Crippen LogP contribution < -0.4 is 5.32 Å². The number of rotatable bonds is 5. The second-order valence-corrected chi connectivity index (χ2v) is 8.80. The number of aromatic nitrogens is 5. The van der Waals surface area contributed by atoms with E-state index in [0.717, 1.165) is 18.3 Å². The van der Waals surface area contributed by atoms with Crippen LogP contribution in [0.1, 0.15) is 38.6 Å². The normalized spacial score (nSPS) is 12.4. The Morgan fingerprint density at radius 2 is 1.81 bits per heavy atom. The van der Waals surface area contributed by atoms with E-state index in [1.54, 1.807) is 26.8 Å². The molecule has 0 radical (unpaired) electrons. The number of pyridine rings is 1. The van der Waals surface area contributed by atoms with Crippen LogP contribution in [0, 0.1) is 0 Å². The first-order valence-electron chi connectivity index (χ1n) is 10.7. The molecule has 4 rings (SSSR count). The number of carbonyl (C=O) groups is 1. The minimum atomic E-state index is -4.51. The van der Waals surface area contributed by atoms with E-state index >= 15 is 0 Å². The van der Waals surface area contributed by atoms with Gasteiger partial charge in [-0.25, -0.2) is 19.1 Å². The highest BCUT2D eigenvalue weighted by molar-refractivity contribution is 5.95. The second-order valence-electron chi connectivity index (χ2n) is 8.80. The Morgan fingerprint density at radius 3 is 2.39 bits per heavy atom. The molecule has 0 fully saturated rings. The fourth-order valence-corrected chi connectivity index (χ4v) is 3.50. The van der Waals surface area contributed by atoms with E-state index in [1.807, 2.05) is 0 Å². The second kappa shape index (κ2) is 9.21. The van der Waals surface area contributed by atoms with Gasteiger partial charge < -0.3 is 10.1 Å². The first-order chi connectivity index (χ1) is 16.8. The van der Waals surface area contributed by atoms with Gasteiger partial charge in [-0.2, -0.15) is 32.1 Å². The number of amides is 1. The number of carbonyl (C=O) groups excluding carboxylic acids is 1. The maximum absolute atomic E-state index is 13.1. The Balaban J connectivity index is 1.81. The molecule has 0 spiro atoms. The lowest BCUT2D eigenvalue weighted by atomic mass is 10.1. The van der Waals surface area contributed by atoms with Crippen molar-refractivity contribution in [2.45, 2.75) is 45.6 Å². The number of nitrogens with zero attached hydrogens (tertiary/aromatic N) is 5. The van der Waals surface area contributed by atoms with Crippen molar-refractivity contribution in [3.8, 4) is 16.8 Å². The highest BCUT2D eigenvalue weighted by atomic mass is 19.4. The van der Waals surface area contributed by atoms with E-state index < -0.39 is 30.0 Å². The van der Waals surface area contributed by atoms with Gasteiger partial charge in [0.2, 0.25) is 0 Å². The molecule has 0 aliphatic rings. The lowest BCUT2D eigenvalue weighted by molar-refractivity contribution is -0.137. The van der Waals surface area contributed by atoms with Gasteiger partial charge in [-0.3, -0.25) is 0 Å². The number of nitrogens with one attached hydrogen (secondary N) is 1. The molecule has 0 aliphatic heterocycles. The third kappa shape index (κ3) is 5.29. The maximum Gasteiger partial charge on any atom is 0.416 e. The molecule has 1 aromatic carbocycles. The van der Waals surface area contributed by atoms with E-state index in [4.69, 9.17) is 4.74 Å². The molecule has 1 amide bonds. The van der Waals surface area contributed by atoms with Gasteiger partial charge in [0.15, 0.2) is 5.65 Å². The number of ether oxygens (including phenoxy) is 1. The van der Waals surface area contributed by atoms with E-state index in [0.29, 0.717) is 26.9 Å². The van der Waals surface area contributed by atoms with Crippen LogP contribution in [0.5, 0.6) is 0 Å². The zero-order chi connectivity index (χ0) is 26.3. The van der Waals surface area contributed by atoms with Crippen molar-refractivity contribution >= 4 is 17.1 Å². The summed E-state index contributed by atoms with van der Waals surface area (Å²) in [5.41, 5.74) is 0.0374. The lowest BCUT2D eigenvalue weighted by Crippen LogP contribution is -2.32. The monoisotopic (exact) mass is 508 g/mol. The zero-order valence-corrected chi connectivity index (χ0v) is 19.3. The summed E-state index contributed by atoms with van der Waals surface area (Å²) in [7, 11) is 0. The van der Waals surface area contributed by atoms with Crippen LogP contribution in [0.15, 0.2) is 48.9 Å². The Morgan fingerprint density at radius 1 is 1.11 bits per heavy atom. The summed E-state index contributed by atoms with van der Waals surface area (Å²) in [5, 5.41) is 11.1. The summed E-state index contributed by atoms with van der Waals surface area (Å²) in [4.78, 5) is 16.5. The van der Waals surface area contributed by atoms with Crippen molar-refractivity contribution in [1.29, 1.82) is 0 Å². The van der Waals surface area contributed by atoms with Crippen molar-refractivity contribution in [2.24, 2.45) is 0 Å². The van der Waals surface area contributed by atoms with E-state index in [-0.39, 0.29) is 17.9 Å². The molecule has 0 saturated carbocycles. The molecule has 3 aromatic heterocycles. The quantitative estimate of drug-likeness (QED) is 0.349. The van der Waals surface area contributed by atoms with Crippen LogP contribution in [-0.2, 0) is 17.5 Å². The molecule has 36 heavy (non-hydrogen) atoms. The largest absolute Gasteiger partial charge is 0.444 e. The van der Waals surface area contributed by atoms with Crippen molar-refractivity contribution in [2.75, 3.05) is 0 Å². The predicted octanol–water partition coefficient (Wildman–Crippen LogP) is 5.72. The van der Waals surface area contributed by atoms with E-state index in [9.17, 15) is 26.7 Å². The number of alkyl halides is 5. The molecule has 1 N–H and O–H groups in total. The molecule has 0 saturated heterocycles. The molecular weight excluding hydrogens is 487 g/mol. The van der Waals surface area contributed by atoms with Crippen molar-refractivity contribution in [1.82, 2.24) is 29.9 Å². The lowest BCUT2D eigenvalue weighted by Gasteiger charge is -2.19. The zero-order valence-electron chi connectivity index (χ0n) is 19.3. The van der Waals surface area contributed by atoms with Gasteiger partial charge >= 0.3 is 18.8 Å². The van der Waals surface area contributed by atoms with Crippen molar-refractivity contribution in [3.05, 3.63) is 60.2 Å². The average molecular weight is 508 g/mol. The molecule has 3 heterocycles. The molecule has 4 aromatic rings. The minimum absolute atomic E-state index is 0.124. The van der Waals surface area contributed by atoms with Gasteiger partial charge in [0.1, 0.15) is 5.60 Å². The topological polar surface area (TPSA) is 86.9 Å². The third-order valence-corrected chi connectivity index (χ3v) is 4.99. The van der Waals surface area contributed by atoms with Crippen LogP contribution in [0.3, 0.4) is 0 Å². The summed E-state index contributed by atoms with van der Waals surface area (Å²) in [5.74, 6) is 0. The van der Waals surface area contributed by atoms with Crippen LogP contribution >= 0.6 is 0 Å². The molecule has 0 unspecified atom stereocenters. The van der Waals surface area contributed by atoms with Crippen LogP contribution in [0.4, 0.5) is 26.7 Å². The molecule has 0 aliphatic carbocycles. The van der Waals surface area contributed by atoms with Gasteiger partial charge in [-0.1, -0.05) is 0 Å². The molecule has 13 heteroatoms. The average Bonchev–Trinajstić information content (AvgIpc) is 3.42. The Labute approximate surface area is 201 Å². The van der Waals surface area contributed by atoms with Crippen LogP contribution in [0.25, 0.3) is 27.8 Å². The fourth-order valence-electron chi connectivity index (χ4n) is 3.50. The summed E-state index contributed by atoms with van der Waals surface area (Å²) in [6.45, 7) is 2.12. The maximum atomic E-state index is 13.1. The number of alkyl carbamates (subject to hydrolysis) is 1. The fraction of sp³-hybridized carbons (Fsp3) is 0.304. The van der Waals surface area contributed by atoms with Crippen LogP contribution in [-0.4, -0.2) is 36.2 Å². The van der Waals surface area contributed by atoms with Crippen LogP contribution in [0.2, 0.25) is 0 Å². The number of fused-ring (bicyclic) bond motifs is 1. The molecule has 0 bridgehead atoms. The number of hydrogen-bond acceptors (Lipinski definition) is 5. The van der Waals surface area contributed by atoms with Gasteiger partial charge in [-0.05, 0) is 56.7 Å². The third-order valence-electron chi connectivity index (χ3n) is 4.99. The van der Waals surface area contributed by atoms with Gasteiger partial charge in [0.05, 0.1) is 35.1 Å². The van der Waals surface area contributed by atoms with E-state index in [1.165, 1.54) is 29.2 Å². The standard InChI is InChI=1S/C23H21F5N6O2/c1-22(2,3)36-21(35)30-11-17-18-16(13-10-31-33(12-13)20(24)25)8-9-29-19(18)34(32-17)15-6-4-14(5-7-15)23(26,27)28/h4-10,12,20H,11H2,1-3H3,(H,30,35). The first kappa shape index (κ1) is 25.1. The molecule has 190 valence electrons. The highest BCUT2D eigenvalue weighted by Gasteiger charge is 2.30. The van der Waals surface area contributed by atoms with Gasteiger partial charge in [-0.15, -0.1) is 0 Å². The first-order valence-corrected chi connectivity index (χ1v) is 10.7.